The van der Waals surface area contributed by atoms with Gasteiger partial charge in [0.2, 0.25) is 5.69 Å². The SMILES string of the molecule is CCn1ncc([N+](=O)[O-])c1C(=O)N(C)Cc1c(Br)cnn1C. The van der Waals surface area contributed by atoms with Crippen molar-refractivity contribution in [2.24, 2.45) is 7.05 Å². The number of carbonyl (C=O) groups is 1. The normalized spacial score (nSPS) is 10.7. The second-order valence-corrected chi connectivity index (χ2v) is 5.53. The minimum absolute atomic E-state index is 0.0201. The van der Waals surface area contributed by atoms with Gasteiger partial charge >= 0.3 is 5.69 Å². The Kier molecular flexibility index (Phi) is 4.59. The molecule has 0 fully saturated rings. The van der Waals surface area contributed by atoms with Crippen LogP contribution < -0.4 is 0 Å². The van der Waals surface area contributed by atoms with Gasteiger partial charge in [-0.1, -0.05) is 0 Å². The molecule has 0 aliphatic carbocycles. The summed E-state index contributed by atoms with van der Waals surface area (Å²) in [6.45, 7) is 2.41. The molecule has 2 aromatic rings. The predicted octanol–water partition coefficient (Wildman–Crippen LogP) is 1.58. The highest BCUT2D eigenvalue weighted by Gasteiger charge is 2.29. The molecule has 1 amide bonds. The lowest BCUT2D eigenvalue weighted by Gasteiger charge is -2.17. The number of hydrogen-bond acceptors (Lipinski definition) is 5. The first-order valence-corrected chi connectivity index (χ1v) is 7.28. The molecule has 22 heavy (non-hydrogen) atoms. The van der Waals surface area contributed by atoms with Crippen LogP contribution >= 0.6 is 15.9 Å². The van der Waals surface area contributed by atoms with E-state index in [-0.39, 0.29) is 17.9 Å². The summed E-state index contributed by atoms with van der Waals surface area (Å²) in [6.07, 6.45) is 2.73. The first-order valence-electron chi connectivity index (χ1n) is 6.48. The maximum Gasteiger partial charge on any atom is 0.320 e. The first kappa shape index (κ1) is 16.1. The van der Waals surface area contributed by atoms with Crippen LogP contribution in [0.3, 0.4) is 0 Å². The molecule has 2 aromatic heterocycles. The molecule has 0 aromatic carbocycles. The Morgan fingerprint density at radius 3 is 2.64 bits per heavy atom. The maximum atomic E-state index is 12.6. The Morgan fingerprint density at radius 2 is 2.14 bits per heavy atom. The topological polar surface area (TPSA) is 99.1 Å². The predicted molar refractivity (Wildman–Crippen MR) is 81.3 cm³/mol. The molecule has 2 heterocycles. The molecule has 0 unspecified atom stereocenters. The lowest BCUT2D eigenvalue weighted by molar-refractivity contribution is -0.385. The molecular formula is C12H15BrN6O3. The summed E-state index contributed by atoms with van der Waals surface area (Å²) >= 11 is 3.36. The molecule has 0 radical (unpaired) electrons. The zero-order valence-electron chi connectivity index (χ0n) is 12.4. The van der Waals surface area contributed by atoms with Crippen LogP contribution in [-0.4, -0.2) is 42.3 Å². The third-order valence-corrected chi connectivity index (χ3v) is 3.93. The molecule has 9 nitrogen and oxygen atoms in total. The molecular weight excluding hydrogens is 356 g/mol. The monoisotopic (exact) mass is 370 g/mol. The number of hydrogen-bond donors (Lipinski definition) is 0. The highest BCUT2D eigenvalue weighted by atomic mass is 79.9. The van der Waals surface area contributed by atoms with Crippen LogP contribution in [0.2, 0.25) is 0 Å². The van der Waals surface area contributed by atoms with Crippen LogP contribution in [0.25, 0.3) is 0 Å². The Morgan fingerprint density at radius 1 is 1.45 bits per heavy atom. The zero-order valence-corrected chi connectivity index (χ0v) is 13.9. The molecule has 2 rings (SSSR count). The summed E-state index contributed by atoms with van der Waals surface area (Å²) in [5.41, 5.74) is 0.483. The van der Waals surface area contributed by atoms with Gasteiger partial charge in [0, 0.05) is 20.6 Å². The zero-order chi connectivity index (χ0) is 16.4. The van der Waals surface area contributed by atoms with E-state index in [1.807, 2.05) is 0 Å². The van der Waals surface area contributed by atoms with Crippen molar-refractivity contribution in [2.75, 3.05) is 7.05 Å². The Hall–Kier alpha value is -2.23. The molecule has 10 heteroatoms. The Bertz CT molecular complexity index is 703. The smallest absolute Gasteiger partial charge is 0.320 e. The highest BCUT2D eigenvalue weighted by Crippen LogP contribution is 2.22. The van der Waals surface area contributed by atoms with E-state index in [2.05, 4.69) is 26.1 Å². The number of rotatable bonds is 5. The summed E-state index contributed by atoms with van der Waals surface area (Å²) in [7, 11) is 3.34. The van der Waals surface area contributed by atoms with E-state index < -0.39 is 10.8 Å². The lowest BCUT2D eigenvalue weighted by Crippen LogP contribution is -2.30. The van der Waals surface area contributed by atoms with Gasteiger partial charge in [0.05, 0.1) is 27.8 Å². The van der Waals surface area contributed by atoms with Crippen molar-refractivity contribution in [3.63, 3.8) is 0 Å². The molecule has 0 N–H and O–H groups in total. The number of aromatic nitrogens is 4. The fourth-order valence-electron chi connectivity index (χ4n) is 2.06. The molecule has 0 saturated heterocycles. The van der Waals surface area contributed by atoms with Gasteiger partial charge in [0.15, 0.2) is 0 Å². The van der Waals surface area contributed by atoms with Crippen molar-refractivity contribution in [1.29, 1.82) is 0 Å². The van der Waals surface area contributed by atoms with Gasteiger partial charge in [0.1, 0.15) is 6.20 Å². The van der Waals surface area contributed by atoms with Gasteiger partial charge in [0.25, 0.3) is 5.91 Å². The highest BCUT2D eigenvalue weighted by molar-refractivity contribution is 9.10. The molecule has 0 aliphatic heterocycles. The van der Waals surface area contributed by atoms with Gasteiger partial charge in [-0.3, -0.25) is 24.3 Å². The van der Waals surface area contributed by atoms with E-state index in [4.69, 9.17) is 0 Å². The van der Waals surface area contributed by atoms with E-state index in [9.17, 15) is 14.9 Å². The van der Waals surface area contributed by atoms with Gasteiger partial charge in [-0.25, -0.2) is 0 Å². The molecule has 0 saturated carbocycles. The lowest BCUT2D eigenvalue weighted by atomic mass is 10.3. The fourth-order valence-corrected chi connectivity index (χ4v) is 2.53. The summed E-state index contributed by atoms with van der Waals surface area (Å²) < 4.78 is 3.74. The van der Waals surface area contributed by atoms with Crippen molar-refractivity contribution >= 4 is 27.5 Å². The third-order valence-electron chi connectivity index (χ3n) is 3.26. The maximum absolute atomic E-state index is 12.6. The fraction of sp³-hybridized carbons (Fsp3) is 0.417. The molecule has 0 atom stereocenters. The minimum Gasteiger partial charge on any atom is -0.334 e. The number of aryl methyl sites for hydroxylation is 2. The second-order valence-electron chi connectivity index (χ2n) is 4.68. The van der Waals surface area contributed by atoms with Gasteiger partial charge in [-0.2, -0.15) is 10.2 Å². The summed E-state index contributed by atoms with van der Waals surface area (Å²) in [4.78, 5) is 24.4. The quantitative estimate of drug-likeness (QED) is 0.587. The average molecular weight is 371 g/mol. The summed E-state index contributed by atoms with van der Waals surface area (Å²) in [5.74, 6) is -0.459. The van der Waals surface area contributed by atoms with E-state index >= 15 is 0 Å². The molecule has 0 aliphatic rings. The summed E-state index contributed by atoms with van der Waals surface area (Å²) in [5, 5.41) is 19.0. The van der Waals surface area contributed by atoms with E-state index in [0.717, 1.165) is 16.4 Å². The number of carbonyl (C=O) groups excluding carboxylic acids is 1. The first-order chi connectivity index (χ1) is 10.4. The van der Waals surface area contributed by atoms with Crippen LogP contribution in [0.1, 0.15) is 23.1 Å². The van der Waals surface area contributed by atoms with Crippen LogP contribution in [-0.2, 0) is 20.1 Å². The molecule has 118 valence electrons. The average Bonchev–Trinajstić information content (AvgIpc) is 3.04. The van der Waals surface area contributed by atoms with Gasteiger partial charge in [-0.15, -0.1) is 0 Å². The van der Waals surface area contributed by atoms with Gasteiger partial charge < -0.3 is 4.90 Å². The van der Waals surface area contributed by atoms with Crippen molar-refractivity contribution < 1.29 is 9.72 Å². The van der Waals surface area contributed by atoms with Crippen LogP contribution in [0, 0.1) is 10.1 Å². The van der Waals surface area contributed by atoms with Crippen LogP contribution in [0.15, 0.2) is 16.9 Å². The Balaban J connectivity index is 2.32. The summed E-state index contributed by atoms with van der Waals surface area (Å²) in [6, 6.07) is 0. The minimum atomic E-state index is -0.597. The van der Waals surface area contributed by atoms with Crippen LogP contribution in [0.4, 0.5) is 5.69 Å². The van der Waals surface area contributed by atoms with Crippen molar-refractivity contribution in [3.8, 4) is 0 Å². The van der Waals surface area contributed by atoms with E-state index in [0.29, 0.717) is 6.54 Å². The van der Waals surface area contributed by atoms with Gasteiger partial charge in [-0.05, 0) is 22.9 Å². The number of nitro groups is 1. The standard InChI is InChI=1S/C12H15BrN6O3/c1-4-18-11(9(6-15-18)19(21)22)12(20)16(2)7-10-8(13)5-14-17(10)3/h5-6H,4,7H2,1-3H3. The van der Waals surface area contributed by atoms with Crippen molar-refractivity contribution in [3.05, 3.63) is 38.4 Å². The van der Waals surface area contributed by atoms with Crippen LogP contribution in [0.5, 0.6) is 0 Å². The van der Waals surface area contributed by atoms with E-state index in [1.165, 1.54) is 9.58 Å². The Labute approximate surface area is 134 Å². The molecule has 0 spiro atoms. The number of nitrogens with zero attached hydrogens (tertiary/aromatic N) is 6. The number of amides is 1. The third kappa shape index (κ3) is 2.86. The largest absolute Gasteiger partial charge is 0.334 e. The van der Waals surface area contributed by atoms with E-state index in [1.54, 1.807) is 31.9 Å². The van der Waals surface area contributed by atoms with Crippen molar-refractivity contribution in [1.82, 2.24) is 24.5 Å². The second kappa shape index (κ2) is 6.26. The number of halogens is 1. The van der Waals surface area contributed by atoms with Crippen molar-refractivity contribution in [2.45, 2.75) is 20.0 Å². The molecule has 0 bridgehead atoms.